The summed E-state index contributed by atoms with van der Waals surface area (Å²) in [4.78, 5) is 29.8. The van der Waals surface area contributed by atoms with Gasteiger partial charge in [0, 0.05) is 68.7 Å². The van der Waals surface area contributed by atoms with Crippen molar-refractivity contribution in [3.05, 3.63) is 42.7 Å². The zero-order valence-corrected chi connectivity index (χ0v) is 17.6. The summed E-state index contributed by atoms with van der Waals surface area (Å²) in [5.41, 5.74) is 4.41. The first-order valence-corrected chi connectivity index (χ1v) is 10.7. The maximum atomic E-state index is 11.5. The molecule has 1 atom stereocenters. The lowest BCUT2D eigenvalue weighted by Crippen LogP contribution is -2.44. The predicted molar refractivity (Wildman–Crippen MR) is 119 cm³/mol. The van der Waals surface area contributed by atoms with Crippen LogP contribution >= 0.6 is 0 Å². The summed E-state index contributed by atoms with van der Waals surface area (Å²) >= 11 is 0. The quantitative estimate of drug-likeness (QED) is 0.678. The fourth-order valence-electron chi connectivity index (χ4n) is 4.08. The van der Waals surface area contributed by atoms with E-state index in [1.807, 2.05) is 6.07 Å². The second kappa shape index (κ2) is 8.47. The van der Waals surface area contributed by atoms with Gasteiger partial charge in [0.05, 0.1) is 17.8 Å². The lowest BCUT2D eigenvalue weighted by molar-refractivity contribution is -0.119. The van der Waals surface area contributed by atoms with Crippen molar-refractivity contribution in [2.75, 3.05) is 51.3 Å². The molecule has 2 fully saturated rings. The molecule has 5 rings (SSSR count). The van der Waals surface area contributed by atoms with Gasteiger partial charge in [-0.25, -0.2) is 9.97 Å². The molecule has 0 bridgehead atoms. The number of hydrogen-bond acceptors (Lipinski definition) is 7. The number of ether oxygens (including phenoxy) is 1. The van der Waals surface area contributed by atoms with Gasteiger partial charge in [0.2, 0.25) is 11.8 Å². The highest BCUT2D eigenvalue weighted by atomic mass is 16.5. The molecule has 0 aliphatic carbocycles. The molecular formula is C23H26N6O2. The molecule has 2 aliphatic heterocycles. The molecule has 8 heteroatoms. The van der Waals surface area contributed by atoms with Crippen LogP contribution in [0.3, 0.4) is 0 Å². The third-order valence-electron chi connectivity index (χ3n) is 5.97. The summed E-state index contributed by atoms with van der Waals surface area (Å²) in [7, 11) is 2.16. The number of anilines is 1. The van der Waals surface area contributed by atoms with Crippen molar-refractivity contribution >= 4 is 22.6 Å². The number of likely N-dealkylation sites (N-methyl/N-ethyl adjacent to an activating group) is 1. The van der Waals surface area contributed by atoms with E-state index < -0.39 is 0 Å². The number of fused-ring (bicyclic) bond motifs is 1. The van der Waals surface area contributed by atoms with Crippen molar-refractivity contribution in [2.45, 2.75) is 6.42 Å². The fourth-order valence-corrected chi connectivity index (χ4v) is 4.08. The molecule has 2 aliphatic rings. The molecule has 0 unspecified atom stereocenters. The van der Waals surface area contributed by atoms with Crippen LogP contribution in [-0.4, -0.2) is 72.1 Å². The molecule has 3 aromatic rings. The normalized spacial score (nSPS) is 19.6. The minimum absolute atomic E-state index is 0.0698. The molecule has 4 heterocycles. The van der Waals surface area contributed by atoms with Crippen LogP contribution < -0.4 is 15.0 Å². The van der Waals surface area contributed by atoms with Crippen LogP contribution in [0.1, 0.15) is 6.42 Å². The summed E-state index contributed by atoms with van der Waals surface area (Å²) < 4.78 is 6.02. The minimum Gasteiger partial charge on any atom is -0.476 e. The first-order valence-electron chi connectivity index (χ1n) is 10.7. The Balaban J connectivity index is 1.39. The number of pyridine rings is 1. The van der Waals surface area contributed by atoms with Crippen LogP contribution in [0.25, 0.3) is 22.3 Å². The lowest BCUT2D eigenvalue weighted by Gasteiger charge is -2.34. The van der Waals surface area contributed by atoms with E-state index in [0.717, 1.165) is 43.0 Å². The maximum Gasteiger partial charge on any atom is 0.242 e. The Morgan fingerprint density at radius 1 is 1.10 bits per heavy atom. The highest BCUT2D eigenvalue weighted by Gasteiger charge is 2.23. The second-order valence-electron chi connectivity index (χ2n) is 8.26. The number of nitrogens with one attached hydrogen (secondary N) is 1. The number of hydrogen-bond donors (Lipinski definition) is 1. The second-order valence-corrected chi connectivity index (χ2v) is 8.26. The Bertz CT molecular complexity index is 1080. The van der Waals surface area contributed by atoms with E-state index in [-0.39, 0.29) is 11.8 Å². The summed E-state index contributed by atoms with van der Waals surface area (Å²) in [5.74, 6) is 0.677. The van der Waals surface area contributed by atoms with Crippen molar-refractivity contribution in [2.24, 2.45) is 5.92 Å². The van der Waals surface area contributed by atoms with Crippen molar-refractivity contribution in [1.82, 2.24) is 25.2 Å². The van der Waals surface area contributed by atoms with Gasteiger partial charge in [-0.05, 0) is 25.2 Å². The number of nitrogens with zero attached hydrogens (tertiary/aromatic N) is 5. The topological polar surface area (TPSA) is 83.5 Å². The Hall–Kier alpha value is -3.26. The van der Waals surface area contributed by atoms with Crippen molar-refractivity contribution in [3.8, 4) is 17.1 Å². The Labute approximate surface area is 181 Å². The average Bonchev–Trinajstić information content (AvgIpc) is 3.23. The monoisotopic (exact) mass is 418 g/mol. The highest BCUT2D eigenvalue weighted by molar-refractivity contribution is 5.83. The molecule has 31 heavy (non-hydrogen) atoms. The van der Waals surface area contributed by atoms with Gasteiger partial charge in [-0.3, -0.25) is 9.78 Å². The first kappa shape index (κ1) is 19.7. The van der Waals surface area contributed by atoms with Gasteiger partial charge in [-0.15, -0.1) is 0 Å². The Kier molecular flexibility index (Phi) is 5.38. The van der Waals surface area contributed by atoms with Gasteiger partial charge in [0.15, 0.2) is 5.52 Å². The minimum atomic E-state index is 0.0698. The number of carbonyl (C=O) groups is 1. The van der Waals surface area contributed by atoms with Gasteiger partial charge in [-0.2, -0.15) is 0 Å². The zero-order chi connectivity index (χ0) is 21.2. The molecule has 2 saturated heterocycles. The first-order chi connectivity index (χ1) is 15.2. The van der Waals surface area contributed by atoms with Crippen LogP contribution in [-0.2, 0) is 4.79 Å². The van der Waals surface area contributed by atoms with E-state index in [1.165, 1.54) is 5.69 Å². The number of amides is 1. The van der Waals surface area contributed by atoms with Crippen molar-refractivity contribution in [3.63, 3.8) is 0 Å². The zero-order valence-electron chi connectivity index (χ0n) is 17.6. The smallest absolute Gasteiger partial charge is 0.242 e. The lowest BCUT2D eigenvalue weighted by atomic mass is 10.1. The highest BCUT2D eigenvalue weighted by Crippen LogP contribution is 2.29. The van der Waals surface area contributed by atoms with E-state index in [9.17, 15) is 4.79 Å². The number of piperazine rings is 1. The molecule has 0 saturated carbocycles. The Morgan fingerprint density at radius 2 is 1.87 bits per heavy atom. The molecule has 8 nitrogen and oxygen atoms in total. The number of benzene rings is 1. The molecule has 0 spiro atoms. The fraction of sp³-hybridized carbons (Fsp3) is 0.391. The molecule has 1 N–H and O–H groups in total. The van der Waals surface area contributed by atoms with Crippen LogP contribution in [0, 0.1) is 5.92 Å². The van der Waals surface area contributed by atoms with E-state index in [4.69, 9.17) is 9.72 Å². The number of rotatable bonds is 5. The van der Waals surface area contributed by atoms with Gasteiger partial charge in [0.1, 0.15) is 0 Å². The third-order valence-corrected chi connectivity index (χ3v) is 5.97. The SMILES string of the molecule is CN1CCN(c2ccc(-c3cc4nccnc4c(OC[C@@H]4CNC(=O)C4)n3)cc2)CC1. The van der Waals surface area contributed by atoms with Crippen molar-refractivity contribution in [1.29, 1.82) is 0 Å². The number of carbonyl (C=O) groups excluding carboxylic acids is 1. The molecule has 0 radical (unpaired) electrons. The summed E-state index contributed by atoms with van der Waals surface area (Å²) in [6.45, 7) is 5.29. The van der Waals surface area contributed by atoms with E-state index in [1.54, 1.807) is 12.4 Å². The molecule has 1 aromatic carbocycles. The van der Waals surface area contributed by atoms with E-state index >= 15 is 0 Å². The predicted octanol–water partition coefficient (Wildman–Crippen LogP) is 1.96. The van der Waals surface area contributed by atoms with E-state index in [0.29, 0.717) is 31.0 Å². The van der Waals surface area contributed by atoms with E-state index in [2.05, 4.69) is 56.4 Å². The largest absolute Gasteiger partial charge is 0.476 e. The summed E-state index contributed by atoms with van der Waals surface area (Å²) in [5, 5.41) is 2.84. The van der Waals surface area contributed by atoms with Crippen LogP contribution in [0.5, 0.6) is 5.88 Å². The van der Waals surface area contributed by atoms with Gasteiger partial charge in [-0.1, -0.05) is 12.1 Å². The van der Waals surface area contributed by atoms with Crippen LogP contribution in [0.2, 0.25) is 0 Å². The van der Waals surface area contributed by atoms with Gasteiger partial charge < -0.3 is 19.9 Å². The molecule has 160 valence electrons. The summed E-state index contributed by atoms with van der Waals surface area (Å²) in [6, 6.07) is 10.4. The average molecular weight is 419 g/mol. The molecular weight excluding hydrogens is 392 g/mol. The van der Waals surface area contributed by atoms with Crippen LogP contribution in [0.15, 0.2) is 42.7 Å². The summed E-state index contributed by atoms with van der Waals surface area (Å²) in [6.07, 6.45) is 3.80. The molecule has 2 aromatic heterocycles. The molecule has 1 amide bonds. The van der Waals surface area contributed by atoms with Gasteiger partial charge in [0.25, 0.3) is 0 Å². The number of aromatic nitrogens is 3. The Morgan fingerprint density at radius 3 is 2.61 bits per heavy atom. The van der Waals surface area contributed by atoms with Crippen molar-refractivity contribution < 1.29 is 9.53 Å². The standard InChI is InChI=1S/C23H26N6O2/c1-28-8-10-29(11-9-28)18-4-2-17(3-5-18)19-13-20-22(25-7-6-24-20)23(27-19)31-15-16-12-21(30)26-14-16/h2-7,13,16H,8-12,14-15H2,1H3,(H,26,30)/t16-/m0/s1. The van der Waals surface area contributed by atoms with Crippen LogP contribution in [0.4, 0.5) is 5.69 Å². The third kappa shape index (κ3) is 4.29. The maximum absolute atomic E-state index is 11.5. The van der Waals surface area contributed by atoms with Gasteiger partial charge >= 0.3 is 0 Å².